The van der Waals surface area contributed by atoms with Crippen LogP contribution in [0.4, 0.5) is 10.2 Å². The van der Waals surface area contributed by atoms with Crippen LogP contribution >= 0.6 is 0 Å². The zero-order valence-corrected chi connectivity index (χ0v) is 12.0. The smallest absolute Gasteiger partial charge is 0.142 e. The number of anilines is 1. The fraction of sp³-hybridized carbons (Fsp3) is 0.643. The molecule has 5 nitrogen and oxygen atoms in total. The van der Waals surface area contributed by atoms with Crippen molar-refractivity contribution in [2.75, 3.05) is 37.6 Å². The van der Waals surface area contributed by atoms with E-state index in [9.17, 15) is 14.6 Å². The van der Waals surface area contributed by atoms with Crippen LogP contribution < -0.4 is 4.90 Å². The number of aromatic nitrogens is 1. The molecular formula is C14H22FN3O2. The van der Waals surface area contributed by atoms with Crippen molar-refractivity contribution in [3.05, 3.63) is 23.6 Å². The SMILES string of the molecule is CC(C)(O)CN1CCN(c2ncc(F)cc2CO)CC1. The largest absolute Gasteiger partial charge is 0.392 e. The van der Waals surface area contributed by atoms with Crippen LogP contribution in [0.15, 0.2) is 12.3 Å². The molecule has 1 aromatic rings. The van der Waals surface area contributed by atoms with Gasteiger partial charge in [-0.25, -0.2) is 9.37 Å². The molecule has 112 valence electrons. The Morgan fingerprint density at radius 3 is 2.50 bits per heavy atom. The average molecular weight is 283 g/mol. The molecule has 2 rings (SSSR count). The van der Waals surface area contributed by atoms with Gasteiger partial charge in [0.05, 0.1) is 18.4 Å². The van der Waals surface area contributed by atoms with Crippen LogP contribution in [-0.2, 0) is 6.61 Å². The standard InChI is InChI=1S/C14H22FN3O2/c1-14(2,20)10-17-3-5-18(6-4-17)13-11(9-19)7-12(15)8-16-13/h7-8,19-20H,3-6,9-10H2,1-2H3. The summed E-state index contributed by atoms with van der Waals surface area (Å²) in [6.45, 7) is 7.13. The van der Waals surface area contributed by atoms with Gasteiger partial charge in [0.15, 0.2) is 0 Å². The van der Waals surface area contributed by atoms with Crippen molar-refractivity contribution >= 4 is 5.82 Å². The predicted octanol–water partition coefficient (Wildman–Crippen LogP) is 0.606. The second-order valence-corrected chi connectivity index (χ2v) is 5.87. The van der Waals surface area contributed by atoms with Crippen LogP contribution in [0.1, 0.15) is 19.4 Å². The van der Waals surface area contributed by atoms with Crippen molar-refractivity contribution < 1.29 is 14.6 Å². The zero-order valence-electron chi connectivity index (χ0n) is 12.0. The number of aliphatic hydroxyl groups is 2. The molecule has 0 spiro atoms. The maximum absolute atomic E-state index is 13.1. The van der Waals surface area contributed by atoms with Gasteiger partial charge >= 0.3 is 0 Å². The Hall–Kier alpha value is -1.24. The Morgan fingerprint density at radius 2 is 1.95 bits per heavy atom. The van der Waals surface area contributed by atoms with E-state index < -0.39 is 11.4 Å². The lowest BCUT2D eigenvalue weighted by molar-refractivity contribution is 0.0344. The van der Waals surface area contributed by atoms with Crippen molar-refractivity contribution in [1.29, 1.82) is 0 Å². The predicted molar refractivity (Wildman–Crippen MR) is 75.1 cm³/mol. The molecule has 2 N–H and O–H groups in total. The lowest BCUT2D eigenvalue weighted by Gasteiger charge is -2.38. The van der Waals surface area contributed by atoms with E-state index in [0.29, 0.717) is 17.9 Å². The van der Waals surface area contributed by atoms with Crippen molar-refractivity contribution in [2.24, 2.45) is 0 Å². The highest BCUT2D eigenvalue weighted by atomic mass is 19.1. The van der Waals surface area contributed by atoms with Gasteiger partial charge in [-0.3, -0.25) is 4.90 Å². The molecule has 1 aliphatic rings. The molecule has 0 atom stereocenters. The molecule has 1 aliphatic heterocycles. The maximum Gasteiger partial charge on any atom is 0.142 e. The van der Waals surface area contributed by atoms with E-state index in [1.807, 2.05) is 4.90 Å². The summed E-state index contributed by atoms with van der Waals surface area (Å²) in [7, 11) is 0. The van der Waals surface area contributed by atoms with Crippen LogP contribution in [0, 0.1) is 5.82 Å². The van der Waals surface area contributed by atoms with Crippen LogP contribution in [0.25, 0.3) is 0 Å². The van der Waals surface area contributed by atoms with Crippen molar-refractivity contribution in [3.63, 3.8) is 0 Å². The molecule has 0 amide bonds. The van der Waals surface area contributed by atoms with Crippen molar-refractivity contribution in [2.45, 2.75) is 26.1 Å². The number of aliphatic hydroxyl groups excluding tert-OH is 1. The number of pyridine rings is 1. The van der Waals surface area contributed by atoms with Crippen LogP contribution in [0.5, 0.6) is 0 Å². The quantitative estimate of drug-likeness (QED) is 0.847. The van der Waals surface area contributed by atoms with Gasteiger partial charge in [-0.15, -0.1) is 0 Å². The zero-order chi connectivity index (χ0) is 14.8. The van der Waals surface area contributed by atoms with Gasteiger partial charge in [0, 0.05) is 38.3 Å². The number of hydrogen-bond donors (Lipinski definition) is 2. The van der Waals surface area contributed by atoms with Crippen LogP contribution in [0.3, 0.4) is 0 Å². The van der Waals surface area contributed by atoms with Gasteiger partial charge in [-0.2, -0.15) is 0 Å². The summed E-state index contributed by atoms with van der Waals surface area (Å²) in [5.74, 6) is 0.218. The number of nitrogens with zero attached hydrogens (tertiary/aromatic N) is 3. The third-order valence-electron chi connectivity index (χ3n) is 3.36. The lowest BCUT2D eigenvalue weighted by atomic mass is 10.1. The molecule has 1 aromatic heterocycles. The van der Waals surface area contributed by atoms with E-state index in [1.165, 1.54) is 12.3 Å². The van der Waals surface area contributed by atoms with E-state index in [0.717, 1.165) is 26.2 Å². The summed E-state index contributed by atoms with van der Waals surface area (Å²) < 4.78 is 13.1. The van der Waals surface area contributed by atoms with E-state index in [-0.39, 0.29) is 6.61 Å². The molecule has 0 bridgehead atoms. The number of halogens is 1. The van der Waals surface area contributed by atoms with E-state index in [2.05, 4.69) is 9.88 Å². The van der Waals surface area contributed by atoms with E-state index in [4.69, 9.17) is 0 Å². The fourth-order valence-corrected chi connectivity index (χ4v) is 2.54. The first-order valence-corrected chi connectivity index (χ1v) is 6.84. The summed E-state index contributed by atoms with van der Waals surface area (Å²) in [6, 6.07) is 1.32. The Bertz CT molecular complexity index is 454. The van der Waals surface area contributed by atoms with Crippen molar-refractivity contribution in [1.82, 2.24) is 9.88 Å². The summed E-state index contributed by atoms with van der Waals surface area (Å²) >= 11 is 0. The van der Waals surface area contributed by atoms with Crippen molar-refractivity contribution in [3.8, 4) is 0 Å². The fourth-order valence-electron chi connectivity index (χ4n) is 2.54. The van der Waals surface area contributed by atoms with E-state index in [1.54, 1.807) is 13.8 Å². The third kappa shape index (κ3) is 3.88. The molecule has 20 heavy (non-hydrogen) atoms. The minimum atomic E-state index is -0.702. The lowest BCUT2D eigenvalue weighted by Crippen LogP contribution is -2.50. The molecule has 6 heteroatoms. The molecular weight excluding hydrogens is 261 g/mol. The second-order valence-electron chi connectivity index (χ2n) is 5.87. The number of β-amino-alcohol motifs (C(OH)–C–C–N with tert-alkyl or cyclic N) is 1. The molecule has 0 radical (unpaired) electrons. The highest BCUT2D eigenvalue weighted by Crippen LogP contribution is 2.20. The topological polar surface area (TPSA) is 59.8 Å². The minimum absolute atomic E-state index is 0.218. The molecule has 0 unspecified atom stereocenters. The summed E-state index contributed by atoms with van der Waals surface area (Å²) in [5, 5.41) is 19.1. The molecule has 1 saturated heterocycles. The van der Waals surface area contributed by atoms with Gasteiger partial charge in [0.25, 0.3) is 0 Å². The number of piperazine rings is 1. The molecule has 0 aromatic carbocycles. The Labute approximate surface area is 118 Å². The Morgan fingerprint density at radius 1 is 1.30 bits per heavy atom. The molecule has 2 heterocycles. The number of rotatable bonds is 4. The first-order chi connectivity index (χ1) is 9.39. The second kappa shape index (κ2) is 6.03. The van der Waals surface area contributed by atoms with Gasteiger partial charge < -0.3 is 15.1 Å². The molecule has 0 saturated carbocycles. The Kier molecular flexibility index (Phi) is 4.57. The van der Waals surface area contributed by atoms with Gasteiger partial charge in [0.2, 0.25) is 0 Å². The number of hydrogen-bond acceptors (Lipinski definition) is 5. The normalized spacial score (nSPS) is 17.6. The summed E-state index contributed by atoms with van der Waals surface area (Å²) in [4.78, 5) is 8.34. The Balaban J connectivity index is 2.00. The third-order valence-corrected chi connectivity index (χ3v) is 3.36. The van der Waals surface area contributed by atoms with Crippen LogP contribution in [0.2, 0.25) is 0 Å². The van der Waals surface area contributed by atoms with Gasteiger partial charge in [-0.05, 0) is 19.9 Å². The van der Waals surface area contributed by atoms with Gasteiger partial charge in [-0.1, -0.05) is 0 Å². The maximum atomic E-state index is 13.1. The van der Waals surface area contributed by atoms with E-state index >= 15 is 0 Å². The monoisotopic (exact) mass is 283 g/mol. The first-order valence-electron chi connectivity index (χ1n) is 6.84. The summed E-state index contributed by atoms with van der Waals surface area (Å²) in [5.41, 5.74) is -0.187. The average Bonchev–Trinajstić information content (AvgIpc) is 2.38. The van der Waals surface area contributed by atoms with Gasteiger partial charge in [0.1, 0.15) is 11.6 Å². The highest BCUT2D eigenvalue weighted by Gasteiger charge is 2.24. The first kappa shape index (κ1) is 15.2. The van der Waals surface area contributed by atoms with Crippen LogP contribution in [-0.4, -0.2) is 58.4 Å². The highest BCUT2D eigenvalue weighted by molar-refractivity contribution is 5.47. The molecule has 0 aliphatic carbocycles. The summed E-state index contributed by atoms with van der Waals surface area (Å²) in [6.07, 6.45) is 1.18. The molecule has 1 fully saturated rings. The minimum Gasteiger partial charge on any atom is -0.392 e.